The first-order valence-electron chi connectivity index (χ1n) is 13.2. The van der Waals surface area contributed by atoms with E-state index in [-0.39, 0.29) is 22.0 Å². The lowest BCUT2D eigenvalue weighted by Gasteiger charge is -2.45. The fourth-order valence-electron chi connectivity index (χ4n) is 4.82. The summed E-state index contributed by atoms with van der Waals surface area (Å²) in [5.74, 6) is -3.84. The Bertz CT molecular complexity index is 1220. The summed E-state index contributed by atoms with van der Waals surface area (Å²) in [6.45, 7) is 4.51. The fraction of sp³-hybridized carbons (Fsp3) is 0.414. The van der Waals surface area contributed by atoms with Crippen LogP contribution in [0.5, 0.6) is 5.75 Å². The summed E-state index contributed by atoms with van der Waals surface area (Å²) in [6, 6.07) is 12.4. The number of thioether (sulfide) groups is 1. The van der Waals surface area contributed by atoms with E-state index in [9.17, 15) is 28.6 Å². The van der Waals surface area contributed by atoms with E-state index in [4.69, 9.17) is 9.73 Å². The van der Waals surface area contributed by atoms with Crippen molar-refractivity contribution in [2.75, 3.05) is 39.0 Å². The molecule has 0 radical (unpaired) electrons. The van der Waals surface area contributed by atoms with Gasteiger partial charge in [-0.05, 0) is 55.4 Å². The smallest absolute Gasteiger partial charge is 0.334 e. The van der Waals surface area contributed by atoms with Crippen molar-refractivity contribution in [3.8, 4) is 5.75 Å². The topological polar surface area (TPSA) is 102 Å². The number of aliphatic imine (C=N–C) groups is 1. The summed E-state index contributed by atoms with van der Waals surface area (Å²) in [5, 5.41) is 22.3. The molecule has 1 heterocycles. The average molecular weight is 576 g/mol. The standard InChI is InChI=1S/C29H35F2N3O5S/c1-3-40-29(32-21-9-5-4-6-10-21)34(2,26(28(37)38)20-27(35)36)22-13-16-33(17-14-22)15-7-8-18-39-23-11-12-24(30)25(31)19-23/h4-6,9-12,19-20,22H,3,7-8,13-18H2,1-2H3,(H-,35,36,37,38)/b26-20+,32-29?. The lowest BCUT2D eigenvalue weighted by molar-refractivity contribution is -0.805. The molecule has 1 atom stereocenters. The third kappa shape index (κ3) is 8.36. The molecule has 8 nitrogen and oxygen atoms in total. The number of halogens is 2. The summed E-state index contributed by atoms with van der Waals surface area (Å²) in [6.07, 6.45) is 3.54. The van der Waals surface area contributed by atoms with Gasteiger partial charge in [0.1, 0.15) is 17.8 Å². The van der Waals surface area contributed by atoms with Crippen LogP contribution in [0.2, 0.25) is 0 Å². The number of quaternary nitrogens is 1. The van der Waals surface area contributed by atoms with Crippen molar-refractivity contribution < 1.29 is 37.8 Å². The van der Waals surface area contributed by atoms with E-state index in [0.29, 0.717) is 49.1 Å². The fourth-order valence-corrected chi connectivity index (χ4v) is 5.77. The highest BCUT2D eigenvalue weighted by Gasteiger charge is 2.45. The molecule has 216 valence electrons. The highest BCUT2D eigenvalue weighted by atomic mass is 32.2. The van der Waals surface area contributed by atoms with Crippen LogP contribution >= 0.6 is 11.8 Å². The average Bonchev–Trinajstić information content (AvgIpc) is 2.93. The van der Waals surface area contributed by atoms with Gasteiger partial charge in [0, 0.05) is 37.8 Å². The minimum atomic E-state index is -1.54. The zero-order chi connectivity index (χ0) is 29.1. The summed E-state index contributed by atoms with van der Waals surface area (Å²) in [7, 11) is 1.71. The second kappa shape index (κ2) is 14.9. The molecule has 0 aliphatic carbocycles. The predicted octanol–water partition coefficient (Wildman–Crippen LogP) is 4.19. The minimum absolute atomic E-state index is 0.224. The molecule has 1 unspecified atom stereocenters. The maximum atomic E-state index is 13.3. The number of ether oxygens (including phenoxy) is 1. The number of carbonyl (C=O) groups excluding carboxylic acids is 1. The van der Waals surface area contributed by atoms with E-state index in [2.05, 4.69) is 4.90 Å². The van der Waals surface area contributed by atoms with Crippen molar-refractivity contribution in [3.63, 3.8) is 0 Å². The minimum Gasteiger partial charge on any atom is -0.540 e. The maximum Gasteiger partial charge on any atom is 0.334 e. The van der Waals surface area contributed by atoms with Crippen molar-refractivity contribution in [3.05, 3.63) is 71.9 Å². The Balaban J connectivity index is 1.69. The molecule has 40 heavy (non-hydrogen) atoms. The first-order valence-corrected chi connectivity index (χ1v) is 14.2. The molecule has 11 heteroatoms. The number of rotatable bonds is 12. The Morgan fingerprint density at radius 1 is 1.15 bits per heavy atom. The number of hydrogen-bond acceptors (Lipinski definition) is 7. The molecule has 1 N–H and O–H groups in total. The number of carboxylic acid groups (broad SMARTS) is 2. The molecule has 1 aliphatic heterocycles. The molecule has 2 aromatic rings. The Hall–Kier alpha value is -3.28. The lowest BCUT2D eigenvalue weighted by Crippen LogP contribution is -2.60. The normalized spacial score (nSPS) is 16.9. The van der Waals surface area contributed by atoms with Crippen molar-refractivity contribution in [2.45, 2.75) is 38.6 Å². The lowest BCUT2D eigenvalue weighted by atomic mass is 9.99. The van der Waals surface area contributed by atoms with Gasteiger partial charge < -0.3 is 24.6 Å². The number of para-hydroxylation sites is 1. The second-order valence-corrected chi connectivity index (χ2v) is 10.8. The van der Waals surface area contributed by atoms with E-state index in [0.717, 1.165) is 37.6 Å². The maximum absolute atomic E-state index is 13.3. The van der Waals surface area contributed by atoms with Crippen LogP contribution in [0.25, 0.3) is 0 Å². The van der Waals surface area contributed by atoms with Gasteiger partial charge in [0.05, 0.1) is 25.4 Å². The van der Waals surface area contributed by atoms with Crippen LogP contribution in [0.4, 0.5) is 14.5 Å². The third-order valence-electron chi connectivity index (χ3n) is 6.94. The number of carbonyl (C=O) groups is 2. The van der Waals surface area contributed by atoms with Gasteiger partial charge in [0.25, 0.3) is 5.17 Å². The van der Waals surface area contributed by atoms with Gasteiger partial charge >= 0.3 is 5.97 Å². The number of likely N-dealkylation sites (tertiary alicyclic amines) is 1. The molecule has 3 rings (SSSR count). The van der Waals surface area contributed by atoms with Gasteiger partial charge in [-0.15, -0.1) is 0 Å². The van der Waals surface area contributed by atoms with Gasteiger partial charge in [-0.2, -0.15) is 4.99 Å². The van der Waals surface area contributed by atoms with Crippen LogP contribution in [0.1, 0.15) is 32.6 Å². The number of benzene rings is 2. The molecule has 0 spiro atoms. The molecular weight excluding hydrogens is 540 g/mol. The van der Waals surface area contributed by atoms with Crippen LogP contribution in [0.3, 0.4) is 0 Å². The first kappa shape index (κ1) is 31.3. The largest absolute Gasteiger partial charge is 0.540 e. The number of aliphatic carboxylic acids is 2. The Labute approximate surface area is 237 Å². The zero-order valence-electron chi connectivity index (χ0n) is 22.7. The number of unbranched alkanes of at least 4 members (excludes halogenated alkanes) is 1. The van der Waals surface area contributed by atoms with Gasteiger partial charge in [-0.25, -0.2) is 18.1 Å². The molecule has 0 aromatic heterocycles. The number of piperidine rings is 1. The number of carboxylic acids is 2. The van der Waals surface area contributed by atoms with Gasteiger partial charge in [0.2, 0.25) is 0 Å². The summed E-state index contributed by atoms with van der Waals surface area (Å²) in [5.41, 5.74) is 0.315. The first-order chi connectivity index (χ1) is 19.1. The van der Waals surface area contributed by atoms with Crippen molar-refractivity contribution >= 4 is 34.6 Å². The van der Waals surface area contributed by atoms with E-state index in [1.54, 1.807) is 7.05 Å². The van der Waals surface area contributed by atoms with E-state index < -0.39 is 23.6 Å². The molecular formula is C29H35F2N3O5S. The van der Waals surface area contributed by atoms with Crippen molar-refractivity contribution in [2.24, 2.45) is 4.99 Å². The SMILES string of the molecule is CCSC(=Nc1ccccc1)[N+](C)(/C(=C/C(=O)O)C(=O)[O-])C1CCN(CCCCOc2ccc(F)c(F)c2)CC1. The number of nitrogens with zero attached hydrogens (tertiary/aromatic N) is 3. The quantitative estimate of drug-likeness (QED) is 0.133. The van der Waals surface area contributed by atoms with E-state index >= 15 is 0 Å². The van der Waals surface area contributed by atoms with Gasteiger partial charge in [-0.3, -0.25) is 0 Å². The van der Waals surface area contributed by atoms with E-state index in [1.807, 2.05) is 37.3 Å². The van der Waals surface area contributed by atoms with Crippen LogP contribution < -0.4 is 9.84 Å². The second-order valence-electron chi connectivity index (χ2n) is 9.60. The number of amidine groups is 1. The third-order valence-corrected chi connectivity index (χ3v) is 7.95. The molecule has 2 aromatic carbocycles. The van der Waals surface area contributed by atoms with Gasteiger partial charge in [0.15, 0.2) is 17.3 Å². The molecule has 1 saturated heterocycles. The molecule has 0 amide bonds. The van der Waals surface area contributed by atoms with Crippen LogP contribution in [-0.2, 0) is 9.59 Å². The van der Waals surface area contributed by atoms with E-state index in [1.165, 1.54) is 17.8 Å². The summed E-state index contributed by atoms with van der Waals surface area (Å²) >= 11 is 1.39. The van der Waals surface area contributed by atoms with Crippen molar-refractivity contribution in [1.82, 2.24) is 4.90 Å². The summed E-state index contributed by atoms with van der Waals surface area (Å²) < 4.78 is 31.6. The number of hydrogen-bond donors (Lipinski definition) is 1. The van der Waals surface area contributed by atoms with Crippen LogP contribution in [0, 0.1) is 11.6 Å². The van der Waals surface area contributed by atoms with Crippen molar-refractivity contribution in [1.29, 1.82) is 0 Å². The van der Waals surface area contributed by atoms with Gasteiger partial charge in [-0.1, -0.05) is 25.1 Å². The highest BCUT2D eigenvalue weighted by molar-refractivity contribution is 8.13. The molecule has 1 fully saturated rings. The Kier molecular flexibility index (Phi) is 11.7. The van der Waals surface area contributed by atoms with Crippen LogP contribution in [-0.4, -0.2) is 76.7 Å². The Morgan fingerprint density at radius 2 is 1.85 bits per heavy atom. The molecule has 0 saturated carbocycles. The highest BCUT2D eigenvalue weighted by Crippen LogP contribution is 2.34. The molecule has 1 aliphatic rings. The summed E-state index contributed by atoms with van der Waals surface area (Å²) in [4.78, 5) is 31.0. The molecule has 0 bridgehead atoms. The number of likely N-dealkylation sites (N-methyl/N-ethyl adjacent to an activating group) is 1. The van der Waals surface area contributed by atoms with Crippen LogP contribution in [0.15, 0.2) is 65.3 Å². The predicted molar refractivity (Wildman–Crippen MR) is 149 cm³/mol. The zero-order valence-corrected chi connectivity index (χ0v) is 23.5. The Morgan fingerprint density at radius 3 is 2.45 bits per heavy atom. The monoisotopic (exact) mass is 575 g/mol.